The molecule has 0 bridgehead atoms. The van der Waals surface area contributed by atoms with Crippen molar-refractivity contribution in [3.63, 3.8) is 0 Å². The van der Waals surface area contributed by atoms with Gasteiger partial charge in [0, 0.05) is 18.0 Å². The molecule has 1 aromatic carbocycles. The van der Waals surface area contributed by atoms with Gasteiger partial charge in [0.2, 0.25) is 0 Å². The van der Waals surface area contributed by atoms with Crippen molar-refractivity contribution in [3.05, 3.63) is 54.6 Å². The van der Waals surface area contributed by atoms with Crippen molar-refractivity contribution in [2.75, 3.05) is 5.32 Å². The monoisotopic (exact) mass is 187 g/mol. The van der Waals surface area contributed by atoms with Gasteiger partial charge in [-0.25, -0.2) is 4.39 Å². The van der Waals surface area contributed by atoms with Gasteiger partial charge in [0.05, 0.1) is 11.9 Å². The van der Waals surface area contributed by atoms with E-state index in [2.05, 4.69) is 16.4 Å². The minimum Gasteiger partial charge on any atom is -0.354 e. The summed E-state index contributed by atoms with van der Waals surface area (Å²) in [4.78, 5) is 3.93. The van der Waals surface area contributed by atoms with Crippen LogP contribution in [0.1, 0.15) is 0 Å². The van der Waals surface area contributed by atoms with Crippen LogP contribution in [0.4, 0.5) is 15.8 Å². The van der Waals surface area contributed by atoms with Gasteiger partial charge in [0.1, 0.15) is 5.82 Å². The normalized spacial score (nSPS) is 9.79. The van der Waals surface area contributed by atoms with E-state index in [1.54, 1.807) is 12.4 Å². The predicted octanol–water partition coefficient (Wildman–Crippen LogP) is 2.76. The van der Waals surface area contributed by atoms with E-state index in [9.17, 15) is 4.39 Å². The third-order valence-electron chi connectivity index (χ3n) is 1.70. The highest BCUT2D eigenvalue weighted by molar-refractivity contribution is 5.57. The van der Waals surface area contributed by atoms with Gasteiger partial charge in [-0.1, -0.05) is 0 Å². The third-order valence-corrected chi connectivity index (χ3v) is 1.70. The zero-order valence-corrected chi connectivity index (χ0v) is 7.37. The van der Waals surface area contributed by atoms with Gasteiger partial charge in [-0.3, -0.25) is 4.98 Å². The molecule has 69 valence electrons. The third kappa shape index (κ3) is 2.07. The van der Waals surface area contributed by atoms with Crippen LogP contribution in [-0.2, 0) is 0 Å². The number of rotatable bonds is 2. The summed E-state index contributed by atoms with van der Waals surface area (Å²) < 4.78 is 12.8. The summed E-state index contributed by atoms with van der Waals surface area (Å²) in [6, 6.07) is 10.8. The first-order chi connectivity index (χ1) is 6.84. The maximum absolute atomic E-state index is 12.8. The first-order valence-electron chi connectivity index (χ1n) is 4.19. The van der Waals surface area contributed by atoms with E-state index < -0.39 is 0 Å². The molecule has 1 radical (unpaired) electrons. The molecular weight excluding hydrogens is 179 g/mol. The van der Waals surface area contributed by atoms with Gasteiger partial charge in [-0.2, -0.15) is 0 Å². The molecule has 0 aliphatic carbocycles. The summed E-state index contributed by atoms with van der Waals surface area (Å²) in [6.45, 7) is 0. The van der Waals surface area contributed by atoms with Crippen LogP contribution in [0.3, 0.4) is 0 Å². The number of pyridine rings is 1. The molecule has 0 aliphatic rings. The Hall–Kier alpha value is -1.90. The van der Waals surface area contributed by atoms with Crippen molar-refractivity contribution < 1.29 is 4.39 Å². The maximum atomic E-state index is 12.8. The van der Waals surface area contributed by atoms with E-state index in [0.717, 1.165) is 5.69 Å². The number of anilines is 2. The lowest BCUT2D eigenvalue weighted by atomic mass is 10.3. The second-order valence-electron chi connectivity index (χ2n) is 2.79. The Kier molecular flexibility index (Phi) is 2.40. The van der Waals surface area contributed by atoms with Crippen molar-refractivity contribution in [2.24, 2.45) is 0 Å². The molecule has 0 saturated heterocycles. The highest BCUT2D eigenvalue weighted by Gasteiger charge is 1.95. The number of halogens is 1. The number of hydrogen-bond acceptors (Lipinski definition) is 2. The molecule has 0 aliphatic heterocycles. The van der Waals surface area contributed by atoms with Crippen molar-refractivity contribution in [3.8, 4) is 0 Å². The predicted molar refractivity (Wildman–Crippen MR) is 52.8 cm³/mol. The first kappa shape index (κ1) is 8.69. The second-order valence-corrected chi connectivity index (χ2v) is 2.79. The van der Waals surface area contributed by atoms with E-state index in [1.165, 1.54) is 18.2 Å². The molecule has 2 nitrogen and oxygen atoms in total. The van der Waals surface area contributed by atoms with Crippen LogP contribution in [-0.4, -0.2) is 4.98 Å². The van der Waals surface area contributed by atoms with E-state index in [-0.39, 0.29) is 5.82 Å². The van der Waals surface area contributed by atoms with Crippen molar-refractivity contribution in [1.82, 2.24) is 4.98 Å². The molecular formula is C11H8FN2. The zero-order chi connectivity index (χ0) is 9.80. The van der Waals surface area contributed by atoms with Crippen LogP contribution in [0.15, 0.2) is 42.7 Å². The topological polar surface area (TPSA) is 24.9 Å². The molecule has 0 unspecified atom stereocenters. The highest BCUT2D eigenvalue weighted by atomic mass is 19.1. The molecule has 1 N–H and O–H groups in total. The summed E-state index contributed by atoms with van der Waals surface area (Å²) in [6.07, 6.45) is 3.35. The Morgan fingerprint density at radius 2 is 2.29 bits per heavy atom. The SMILES string of the molecule is Fc1cc[c]c(Nc2cccnc2)c1. The smallest absolute Gasteiger partial charge is 0.125 e. The van der Waals surface area contributed by atoms with Crippen LogP contribution in [0, 0.1) is 11.9 Å². The Morgan fingerprint density at radius 3 is 3.00 bits per heavy atom. The lowest BCUT2D eigenvalue weighted by molar-refractivity contribution is 0.628. The zero-order valence-electron chi connectivity index (χ0n) is 7.37. The summed E-state index contributed by atoms with van der Waals surface area (Å²) in [7, 11) is 0. The molecule has 3 heteroatoms. The summed E-state index contributed by atoms with van der Waals surface area (Å²) in [5.41, 5.74) is 1.41. The average Bonchev–Trinajstić information content (AvgIpc) is 2.19. The lowest BCUT2D eigenvalue weighted by Crippen LogP contribution is -1.90. The van der Waals surface area contributed by atoms with Crippen molar-refractivity contribution >= 4 is 11.4 Å². The summed E-state index contributed by atoms with van der Waals surface area (Å²) in [5.74, 6) is -0.282. The van der Waals surface area contributed by atoms with E-state index >= 15 is 0 Å². The van der Waals surface area contributed by atoms with E-state index in [1.807, 2.05) is 12.1 Å². The quantitative estimate of drug-likeness (QED) is 0.781. The second kappa shape index (κ2) is 3.87. The van der Waals surface area contributed by atoms with E-state index in [4.69, 9.17) is 0 Å². The molecule has 0 atom stereocenters. The molecule has 14 heavy (non-hydrogen) atoms. The number of nitrogens with one attached hydrogen (secondary N) is 1. The van der Waals surface area contributed by atoms with Crippen LogP contribution >= 0.6 is 0 Å². The number of benzene rings is 1. The Morgan fingerprint density at radius 1 is 1.36 bits per heavy atom. The Bertz CT molecular complexity index is 415. The standard InChI is InChI=1S/C11H8FN2/c12-9-3-1-4-10(7-9)14-11-5-2-6-13-8-11/h1-3,5-8,14H. The molecule has 0 saturated carbocycles. The van der Waals surface area contributed by atoms with Gasteiger partial charge < -0.3 is 5.32 Å². The van der Waals surface area contributed by atoms with Gasteiger partial charge in [0.15, 0.2) is 0 Å². The summed E-state index contributed by atoms with van der Waals surface area (Å²) in [5, 5.41) is 2.99. The molecule has 2 rings (SSSR count). The fourth-order valence-electron chi connectivity index (χ4n) is 1.10. The fourth-order valence-corrected chi connectivity index (χ4v) is 1.10. The molecule has 1 aromatic heterocycles. The minimum absolute atomic E-state index is 0.282. The maximum Gasteiger partial charge on any atom is 0.125 e. The molecule has 0 spiro atoms. The first-order valence-corrected chi connectivity index (χ1v) is 4.19. The molecule has 0 amide bonds. The Balaban J connectivity index is 2.19. The van der Waals surface area contributed by atoms with Crippen LogP contribution in [0.25, 0.3) is 0 Å². The van der Waals surface area contributed by atoms with E-state index in [0.29, 0.717) is 5.69 Å². The number of aromatic nitrogens is 1. The fraction of sp³-hybridized carbons (Fsp3) is 0. The lowest BCUT2D eigenvalue weighted by Gasteiger charge is -2.04. The average molecular weight is 187 g/mol. The van der Waals surface area contributed by atoms with Crippen LogP contribution in [0.5, 0.6) is 0 Å². The number of hydrogen-bond donors (Lipinski definition) is 1. The number of nitrogens with zero attached hydrogens (tertiary/aromatic N) is 1. The van der Waals surface area contributed by atoms with Crippen molar-refractivity contribution in [2.45, 2.75) is 0 Å². The Labute approximate surface area is 81.4 Å². The molecule has 1 heterocycles. The van der Waals surface area contributed by atoms with Gasteiger partial charge in [-0.05, 0) is 30.3 Å². The van der Waals surface area contributed by atoms with Crippen LogP contribution < -0.4 is 5.32 Å². The van der Waals surface area contributed by atoms with Gasteiger partial charge >= 0.3 is 0 Å². The van der Waals surface area contributed by atoms with Gasteiger partial charge in [0.25, 0.3) is 0 Å². The van der Waals surface area contributed by atoms with Crippen molar-refractivity contribution in [1.29, 1.82) is 0 Å². The molecule has 2 aromatic rings. The highest BCUT2D eigenvalue weighted by Crippen LogP contribution is 2.14. The van der Waals surface area contributed by atoms with Gasteiger partial charge in [-0.15, -0.1) is 0 Å². The minimum atomic E-state index is -0.282. The largest absolute Gasteiger partial charge is 0.354 e. The molecule has 0 fully saturated rings. The van der Waals surface area contributed by atoms with Crippen LogP contribution in [0.2, 0.25) is 0 Å². The summed E-state index contributed by atoms with van der Waals surface area (Å²) >= 11 is 0.